The van der Waals surface area contributed by atoms with Crippen molar-refractivity contribution in [3.63, 3.8) is 0 Å². The lowest BCUT2D eigenvalue weighted by Gasteiger charge is -2.12. The topological polar surface area (TPSA) is 106 Å². The number of anilines is 1. The molecule has 0 bridgehead atoms. The first kappa shape index (κ1) is 14.3. The van der Waals surface area contributed by atoms with Gasteiger partial charge in [-0.2, -0.15) is 5.26 Å². The van der Waals surface area contributed by atoms with Crippen molar-refractivity contribution < 1.29 is 26.3 Å². The summed E-state index contributed by atoms with van der Waals surface area (Å²) in [4.78, 5) is 2.12. The first-order valence-electron chi connectivity index (χ1n) is 3.95. The molecule has 0 atom stereocenters. The third-order valence-electron chi connectivity index (χ3n) is 1.55. The lowest BCUT2D eigenvalue weighted by molar-refractivity contribution is -0.275. The third kappa shape index (κ3) is 3.38. The van der Waals surface area contributed by atoms with Crippen molar-refractivity contribution in [2.45, 2.75) is 11.3 Å². The minimum absolute atomic E-state index is 0.471. The van der Waals surface area contributed by atoms with E-state index in [-0.39, 0.29) is 0 Å². The third-order valence-corrected chi connectivity index (χ3v) is 2.91. The summed E-state index contributed by atoms with van der Waals surface area (Å²) in [5.74, 6) is -2.06. The number of nitrogen functional groups attached to an aromatic ring is 1. The number of aromatic nitrogens is 1. The zero-order chi connectivity index (χ0) is 14.1. The van der Waals surface area contributed by atoms with Gasteiger partial charge in [0, 0.05) is 16.7 Å². The zero-order valence-electron chi connectivity index (χ0n) is 8.19. The van der Waals surface area contributed by atoms with Crippen LogP contribution in [0.4, 0.5) is 19.0 Å². The molecule has 0 spiro atoms. The molecule has 1 aromatic rings. The maximum absolute atomic E-state index is 12.1. The smallest absolute Gasteiger partial charge is 0.404 e. The molecule has 1 aromatic heterocycles. The molecule has 0 amide bonds. The lowest BCUT2D eigenvalue weighted by atomic mass is 10.3. The largest absolute Gasteiger partial charge is 0.573 e. The van der Waals surface area contributed by atoms with Crippen LogP contribution in [0.25, 0.3) is 0 Å². The Bertz CT molecular complexity index is 623. The molecule has 2 N–H and O–H groups in total. The summed E-state index contributed by atoms with van der Waals surface area (Å²) in [7, 11) is 0.304. The summed E-state index contributed by atoms with van der Waals surface area (Å²) in [5, 5.41) is 8.49. The maximum Gasteiger partial charge on any atom is 0.573 e. The molecule has 6 nitrogen and oxygen atoms in total. The van der Waals surface area contributed by atoms with Gasteiger partial charge in [0.15, 0.2) is 10.6 Å². The molecule has 0 aliphatic carbocycles. The molecule has 11 heteroatoms. The van der Waals surface area contributed by atoms with Gasteiger partial charge in [0.2, 0.25) is 0 Å². The highest BCUT2D eigenvalue weighted by atomic mass is 35.7. The predicted octanol–water partition coefficient (Wildman–Crippen LogP) is 1.36. The summed E-state index contributed by atoms with van der Waals surface area (Å²) >= 11 is 0. The molecule has 0 aromatic carbocycles. The molecule has 1 rings (SSSR count). The highest BCUT2D eigenvalue weighted by Gasteiger charge is 2.35. The Hall–Kier alpha value is -1.73. The number of rotatable bonds is 2. The van der Waals surface area contributed by atoms with Crippen LogP contribution in [-0.2, 0) is 9.05 Å². The molecule has 0 aliphatic heterocycles. The van der Waals surface area contributed by atoms with E-state index in [1.54, 1.807) is 0 Å². The van der Waals surface area contributed by atoms with E-state index in [1.165, 1.54) is 6.07 Å². The van der Waals surface area contributed by atoms with Crippen LogP contribution >= 0.6 is 10.7 Å². The summed E-state index contributed by atoms with van der Waals surface area (Å²) in [6, 6.07) is 1.87. The van der Waals surface area contributed by atoms with Gasteiger partial charge < -0.3 is 10.5 Å². The van der Waals surface area contributed by atoms with Crippen LogP contribution in [0, 0.1) is 11.3 Å². The first-order chi connectivity index (χ1) is 8.04. The highest BCUT2D eigenvalue weighted by molar-refractivity contribution is 8.14. The highest BCUT2D eigenvalue weighted by Crippen LogP contribution is 2.35. The minimum Gasteiger partial charge on any atom is -0.404 e. The average molecular weight is 302 g/mol. The van der Waals surface area contributed by atoms with Gasteiger partial charge in [-0.25, -0.2) is 13.4 Å². The van der Waals surface area contributed by atoms with Crippen LogP contribution < -0.4 is 10.5 Å². The molecular formula is C7H3ClF3N3O3S. The molecule has 18 heavy (non-hydrogen) atoms. The van der Waals surface area contributed by atoms with E-state index in [4.69, 9.17) is 21.7 Å². The second kappa shape index (κ2) is 4.51. The molecular weight excluding hydrogens is 299 g/mol. The standard InChI is InChI=1S/C7H3ClF3N3O3S/c8-18(15,16)5-4(17-7(9,10)11)1-3(2-12)14-6(5)13/h1H,(H2,13,14). The van der Waals surface area contributed by atoms with Crippen molar-refractivity contribution in [3.8, 4) is 11.8 Å². The SMILES string of the molecule is N#Cc1cc(OC(F)(F)F)c(S(=O)(=O)Cl)c(N)n1. The van der Waals surface area contributed by atoms with E-state index >= 15 is 0 Å². The number of pyridine rings is 1. The minimum atomic E-state index is -5.17. The van der Waals surface area contributed by atoms with Crippen LogP contribution in [0.15, 0.2) is 11.0 Å². The molecule has 98 valence electrons. The van der Waals surface area contributed by atoms with Gasteiger partial charge in [0.05, 0.1) is 0 Å². The Labute approximate surface area is 103 Å². The van der Waals surface area contributed by atoms with E-state index in [9.17, 15) is 21.6 Å². The zero-order valence-corrected chi connectivity index (χ0v) is 9.77. The fourth-order valence-corrected chi connectivity index (χ4v) is 2.13. The van der Waals surface area contributed by atoms with Gasteiger partial charge in [-0.15, -0.1) is 13.2 Å². The number of nitriles is 1. The number of halogens is 4. The second-order valence-electron chi connectivity index (χ2n) is 2.82. The Morgan fingerprint density at radius 3 is 2.44 bits per heavy atom. The van der Waals surface area contributed by atoms with Crippen LogP contribution in [-0.4, -0.2) is 19.8 Å². The van der Waals surface area contributed by atoms with Crippen LogP contribution in [0.3, 0.4) is 0 Å². The summed E-state index contributed by atoms with van der Waals surface area (Å²) < 4.78 is 61.8. The maximum atomic E-state index is 12.1. The molecule has 0 saturated carbocycles. The van der Waals surface area contributed by atoms with Crippen LogP contribution in [0.2, 0.25) is 0 Å². The van der Waals surface area contributed by atoms with E-state index in [2.05, 4.69) is 9.72 Å². The summed E-state index contributed by atoms with van der Waals surface area (Å²) in [5.41, 5.74) is 4.58. The molecule has 0 unspecified atom stereocenters. The second-order valence-corrected chi connectivity index (χ2v) is 5.32. The van der Waals surface area contributed by atoms with Crippen molar-refractivity contribution >= 4 is 25.6 Å². The molecule has 0 fully saturated rings. The van der Waals surface area contributed by atoms with Gasteiger partial charge in [-0.05, 0) is 0 Å². The van der Waals surface area contributed by atoms with Crippen molar-refractivity contribution in [2.75, 3.05) is 5.73 Å². The number of ether oxygens (including phenoxy) is 1. The lowest BCUT2D eigenvalue weighted by Crippen LogP contribution is -2.19. The number of hydrogen-bond donors (Lipinski definition) is 1. The average Bonchev–Trinajstić information content (AvgIpc) is 2.11. The number of nitrogens with zero attached hydrogens (tertiary/aromatic N) is 2. The quantitative estimate of drug-likeness (QED) is 0.827. The molecule has 1 heterocycles. The molecule has 0 aliphatic rings. The van der Waals surface area contributed by atoms with Gasteiger partial charge in [-0.1, -0.05) is 0 Å². The summed E-state index contributed by atoms with van der Waals surface area (Å²) in [6.07, 6.45) is -5.17. The Morgan fingerprint density at radius 1 is 1.50 bits per heavy atom. The van der Waals surface area contributed by atoms with E-state index < -0.39 is 37.6 Å². The van der Waals surface area contributed by atoms with Crippen molar-refractivity contribution in [3.05, 3.63) is 11.8 Å². The van der Waals surface area contributed by atoms with Crippen molar-refractivity contribution in [1.29, 1.82) is 5.26 Å². The van der Waals surface area contributed by atoms with E-state index in [0.29, 0.717) is 6.07 Å². The number of hydrogen-bond acceptors (Lipinski definition) is 6. The Balaban J connectivity index is 3.55. The van der Waals surface area contributed by atoms with Crippen molar-refractivity contribution in [1.82, 2.24) is 4.98 Å². The van der Waals surface area contributed by atoms with Crippen LogP contribution in [0.1, 0.15) is 5.69 Å². The fraction of sp³-hybridized carbons (Fsp3) is 0.143. The first-order valence-corrected chi connectivity index (χ1v) is 6.26. The molecule has 0 radical (unpaired) electrons. The monoisotopic (exact) mass is 301 g/mol. The Morgan fingerprint density at radius 2 is 2.06 bits per heavy atom. The molecule has 0 saturated heterocycles. The van der Waals surface area contributed by atoms with E-state index in [0.717, 1.165) is 0 Å². The number of nitrogens with two attached hydrogens (primary N) is 1. The van der Waals surface area contributed by atoms with Gasteiger partial charge in [0.1, 0.15) is 17.6 Å². The van der Waals surface area contributed by atoms with Crippen molar-refractivity contribution in [2.24, 2.45) is 0 Å². The van der Waals surface area contributed by atoms with E-state index in [1.807, 2.05) is 0 Å². The fourth-order valence-electron chi connectivity index (χ4n) is 1.03. The van der Waals surface area contributed by atoms with Gasteiger partial charge >= 0.3 is 6.36 Å². The van der Waals surface area contributed by atoms with Gasteiger partial charge in [0.25, 0.3) is 9.05 Å². The number of alkyl halides is 3. The Kier molecular flexibility index (Phi) is 3.59. The normalized spacial score (nSPS) is 11.9. The van der Waals surface area contributed by atoms with Crippen LogP contribution in [0.5, 0.6) is 5.75 Å². The summed E-state index contributed by atoms with van der Waals surface area (Å²) in [6.45, 7) is 0. The predicted molar refractivity (Wildman–Crippen MR) is 53.1 cm³/mol. The van der Waals surface area contributed by atoms with Gasteiger partial charge in [-0.3, -0.25) is 0 Å².